The summed E-state index contributed by atoms with van der Waals surface area (Å²) in [5.74, 6) is 0. The lowest BCUT2D eigenvalue weighted by atomic mass is 10.0. The zero-order valence-corrected chi connectivity index (χ0v) is 15.2. The first-order valence-corrected chi connectivity index (χ1v) is 8.87. The Bertz CT molecular complexity index is 461. The highest BCUT2D eigenvalue weighted by atomic mass is 79.9. The van der Waals surface area contributed by atoms with Crippen molar-refractivity contribution in [2.24, 2.45) is 5.73 Å². The summed E-state index contributed by atoms with van der Waals surface area (Å²) in [6.07, 6.45) is 1.21. The van der Waals surface area contributed by atoms with Gasteiger partial charge in [-0.1, -0.05) is 40.5 Å². The lowest BCUT2D eigenvalue weighted by molar-refractivity contribution is 0.0744. The van der Waals surface area contributed by atoms with Crippen molar-refractivity contribution in [2.45, 2.75) is 32.4 Å². The van der Waals surface area contributed by atoms with E-state index in [0.717, 1.165) is 41.2 Å². The number of halogens is 2. The maximum Gasteiger partial charge on any atom is 0.0486 e. The molecule has 2 unspecified atom stereocenters. The van der Waals surface area contributed by atoms with Crippen LogP contribution in [0.4, 0.5) is 0 Å². The quantitative estimate of drug-likeness (QED) is 0.856. The fourth-order valence-corrected chi connectivity index (χ4v) is 3.79. The lowest BCUT2D eigenvalue weighted by Crippen LogP contribution is -2.51. The van der Waals surface area contributed by atoms with Crippen LogP contribution in [0.25, 0.3) is 0 Å². The van der Waals surface area contributed by atoms with Gasteiger partial charge in [-0.25, -0.2) is 0 Å². The number of rotatable bonds is 5. The second-order valence-corrected chi connectivity index (χ2v) is 7.07. The molecule has 5 heteroatoms. The van der Waals surface area contributed by atoms with Crippen LogP contribution in [-0.2, 0) is 0 Å². The van der Waals surface area contributed by atoms with Crippen LogP contribution in [0, 0.1) is 0 Å². The third kappa shape index (κ3) is 4.20. The molecule has 1 aliphatic rings. The summed E-state index contributed by atoms with van der Waals surface area (Å²) in [4.78, 5) is 5.03. The van der Waals surface area contributed by atoms with E-state index < -0.39 is 0 Å². The van der Waals surface area contributed by atoms with Crippen molar-refractivity contribution in [1.82, 2.24) is 9.80 Å². The standard InChI is InChI=1S/C16H25BrClN3/c1-3-12(2)20-6-8-21(9-7-20)16(11-19)14-5-4-13(17)10-15(14)18/h4-5,10,12,16H,3,6-9,11,19H2,1-2H3. The Morgan fingerprint density at radius 3 is 2.38 bits per heavy atom. The Morgan fingerprint density at radius 1 is 1.24 bits per heavy atom. The number of hydrogen-bond acceptors (Lipinski definition) is 3. The number of nitrogens with two attached hydrogens (primary N) is 1. The topological polar surface area (TPSA) is 32.5 Å². The molecule has 3 nitrogen and oxygen atoms in total. The second kappa shape index (κ2) is 7.93. The first-order valence-electron chi connectivity index (χ1n) is 7.70. The van der Waals surface area contributed by atoms with Gasteiger partial charge in [-0.2, -0.15) is 0 Å². The molecule has 1 fully saturated rings. The monoisotopic (exact) mass is 373 g/mol. The molecule has 1 aromatic carbocycles. The molecular weight excluding hydrogens is 350 g/mol. The fourth-order valence-electron chi connectivity index (χ4n) is 2.99. The third-order valence-electron chi connectivity index (χ3n) is 4.55. The predicted molar refractivity (Wildman–Crippen MR) is 93.8 cm³/mol. The van der Waals surface area contributed by atoms with Crippen LogP contribution in [-0.4, -0.2) is 48.6 Å². The number of nitrogens with zero attached hydrogens (tertiary/aromatic N) is 2. The zero-order valence-electron chi connectivity index (χ0n) is 12.9. The average molecular weight is 375 g/mol. The molecule has 0 amide bonds. The van der Waals surface area contributed by atoms with E-state index in [1.165, 1.54) is 6.42 Å². The minimum absolute atomic E-state index is 0.213. The molecule has 1 aromatic rings. The largest absolute Gasteiger partial charge is 0.329 e. The predicted octanol–water partition coefficient (Wildman–Crippen LogP) is 3.52. The van der Waals surface area contributed by atoms with Crippen LogP contribution in [0.1, 0.15) is 31.9 Å². The maximum atomic E-state index is 6.40. The van der Waals surface area contributed by atoms with Crippen LogP contribution >= 0.6 is 27.5 Å². The Morgan fingerprint density at radius 2 is 1.86 bits per heavy atom. The van der Waals surface area contributed by atoms with Crippen LogP contribution in [0.2, 0.25) is 5.02 Å². The van der Waals surface area contributed by atoms with E-state index in [1.54, 1.807) is 0 Å². The van der Waals surface area contributed by atoms with Crippen molar-refractivity contribution in [3.05, 3.63) is 33.3 Å². The SMILES string of the molecule is CCC(C)N1CCN(C(CN)c2ccc(Br)cc2Cl)CC1. The van der Waals surface area contributed by atoms with Crippen LogP contribution in [0.15, 0.2) is 22.7 Å². The van der Waals surface area contributed by atoms with Crippen molar-refractivity contribution in [3.63, 3.8) is 0 Å². The molecule has 0 saturated carbocycles. The van der Waals surface area contributed by atoms with E-state index in [0.29, 0.717) is 12.6 Å². The summed E-state index contributed by atoms with van der Waals surface area (Å²) < 4.78 is 1.01. The second-order valence-electron chi connectivity index (χ2n) is 5.75. The van der Waals surface area contributed by atoms with Gasteiger partial charge < -0.3 is 5.73 Å². The molecule has 1 heterocycles. The number of benzene rings is 1. The molecule has 118 valence electrons. The van der Waals surface area contributed by atoms with Crippen molar-refractivity contribution in [1.29, 1.82) is 0 Å². The molecule has 21 heavy (non-hydrogen) atoms. The minimum Gasteiger partial charge on any atom is -0.329 e. The van der Waals surface area contributed by atoms with Gasteiger partial charge in [-0.3, -0.25) is 9.80 Å². The van der Waals surface area contributed by atoms with Gasteiger partial charge in [0.05, 0.1) is 0 Å². The molecule has 2 atom stereocenters. The smallest absolute Gasteiger partial charge is 0.0486 e. The van der Waals surface area contributed by atoms with Crippen molar-refractivity contribution >= 4 is 27.5 Å². The van der Waals surface area contributed by atoms with Gasteiger partial charge in [0.15, 0.2) is 0 Å². The molecule has 1 saturated heterocycles. The van der Waals surface area contributed by atoms with Gasteiger partial charge >= 0.3 is 0 Å². The average Bonchev–Trinajstić information content (AvgIpc) is 2.50. The summed E-state index contributed by atoms with van der Waals surface area (Å²) in [7, 11) is 0. The van der Waals surface area contributed by atoms with Crippen molar-refractivity contribution in [2.75, 3.05) is 32.7 Å². The first-order chi connectivity index (χ1) is 10.1. The number of piperazine rings is 1. The highest BCUT2D eigenvalue weighted by Gasteiger charge is 2.26. The van der Waals surface area contributed by atoms with E-state index >= 15 is 0 Å². The summed E-state index contributed by atoms with van der Waals surface area (Å²) in [5, 5.41) is 0.796. The normalized spacial score (nSPS) is 20.4. The fraction of sp³-hybridized carbons (Fsp3) is 0.625. The molecule has 2 N–H and O–H groups in total. The summed E-state index contributed by atoms with van der Waals surface area (Å²) in [6, 6.07) is 6.96. The Labute approximate surface area is 141 Å². The van der Waals surface area contributed by atoms with Gasteiger partial charge in [0, 0.05) is 54.3 Å². The van der Waals surface area contributed by atoms with Crippen LogP contribution in [0.5, 0.6) is 0 Å². The van der Waals surface area contributed by atoms with Crippen LogP contribution in [0.3, 0.4) is 0 Å². The van der Waals surface area contributed by atoms with E-state index in [2.05, 4.69) is 45.6 Å². The number of hydrogen-bond donors (Lipinski definition) is 1. The van der Waals surface area contributed by atoms with Gasteiger partial charge in [0.2, 0.25) is 0 Å². The molecule has 2 rings (SSSR count). The first kappa shape index (κ1) is 17.2. The highest BCUT2D eigenvalue weighted by Crippen LogP contribution is 2.30. The van der Waals surface area contributed by atoms with E-state index in [9.17, 15) is 0 Å². The van der Waals surface area contributed by atoms with Crippen molar-refractivity contribution in [3.8, 4) is 0 Å². The van der Waals surface area contributed by atoms with Gasteiger partial charge in [-0.15, -0.1) is 0 Å². The molecule has 0 aliphatic carbocycles. The maximum absolute atomic E-state index is 6.40. The summed E-state index contributed by atoms with van der Waals surface area (Å²) >= 11 is 9.86. The molecule has 0 spiro atoms. The molecule has 0 bridgehead atoms. The zero-order chi connectivity index (χ0) is 15.4. The van der Waals surface area contributed by atoms with E-state index in [1.807, 2.05) is 12.1 Å². The van der Waals surface area contributed by atoms with Gasteiger partial charge in [-0.05, 0) is 31.0 Å². The molecule has 1 aliphatic heterocycles. The summed E-state index contributed by atoms with van der Waals surface area (Å²) in [5.41, 5.74) is 7.18. The Balaban J connectivity index is 2.06. The Kier molecular flexibility index (Phi) is 6.51. The van der Waals surface area contributed by atoms with Crippen molar-refractivity contribution < 1.29 is 0 Å². The Hall–Kier alpha value is -0.130. The van der Waals surface area contributed by atoms with E-state index in [-0.39, 0.29) is 6.04 Å². The lowest BCUT2D eigenvalue weighted by Gasteiger charge is -2.41. The molecular formula is C16H25BrClN3. The minimum atomic E-state index is 0.213. The van der Waals surface area contributed by atoms with E-state index in [4.69, 9.17) is 17.3 Å². The van der Waals surface area contributed by atoms with Gasteiger partial charge in [0.1, 0.15) is 0 Å². The molecule has 0 aromatic heterocycles. The highest BCUT2D eigenvalue weighted by molar-refractivity contribution is 9.10. The van der Waals surface area contributed by atoms with Gasteiger partial charge in [0.25, 0.3) is 0 Å². The van der Waals surface area contributed by atoms with Crippen LogP contribution < -0.4 is 5.73 Å². The third-order valence-corrected chi connectivity index (χ3v) is 5.37. The molecule has 0 radical (unpaired) electrons. The summed E-state index contributed by atoms with van der Waals surface area (Å²) in [6.45, 7) is 9.49.